The van der Waals surface area contributed by atoms with E-state index in [9.17, 15) is 9.59 Å². The lowest BCUT2D eigenvalue weighted by atomic mass is 10.0. The van der Waals surface area contributed by atoms with Gasteiger partial charge in [0, 0.05) is 12.8 Å². The van der Waals surface area contributed by atoms with Crippen LogP contribution in [-0.2, 0) is 9.59 Å². The van der Waals surface area contributed by atoms with Crippen molar-refractivity contribution < 1.29 is 19.1 Å². The van der Waals surface area contributed by atoms with Crippen molar-refractivity contribution in [3.63, 3.8) is 0 Å². The number of benzene rings is 3. The molecule has 0 bridgehead atoms. The molecule has 0 aliphatic carbocycles. The standard InChI is InChI=1S/C42H58O4/c1-3-5-7-9-11-13-15-17-19-21-41(43)45-39-31-27-37(28-32-39)35-23-25-36(26-24-35)38-29-33-40(34-30-38)46-42(44)22-20-18-16-14-12-10-8-6-4-2/h23-34H,3-22H2,1-2H3. The normalized spacial score (nSPS) is 11.0. The van der Waals surface area contributed by atoms with Crippen LogP contribution in [0.1, 0.15) is 142 Å². The Morgan fingerprint density at radius 1 is 0.370 bits per heavy atom. The molecule has 3 rings (SSSR count). The second-order valence-electron chi connectivity index (χ2n) is 12.7. The third-order valence-corrected chi connectivity index (χ3v) is 8.69. The fourth-order valence-corrected chi connectivity index (χ4v) is 5.81. The van der Waals surface area contributed by atoms with E-state index in [1.54, 1.807) is 0 Å². The zero-order chi connectivity index (χ0) is 32.7. The van der Waals surface area contributed by atoms with E-state index in [0.29, 0.717) is 24.3 Å². The lowest BCUT2D eigenvalue weighted by molar-refractivity contribution is -0.135. The molecule has 0 aliphatic rings. The summed E-state index contributed by atoms with van der Waals surface area (Å²) in [4.78, 5) is 24.6. The highest BCUT2D eigenvalue weighted by atomic mass is 16.5. The fraction of sp³-hybridized carbons (Fsp3) is 0.524. The van der Waals surface area contributed by atoms with Gasteiger partial charge in [0.05, 0.1) is 0 Å². The van der Waals surface area contributed by atoms with E-state index in [1.165, 1.54) is 89.9 Å². The summed E-state index contributed by atoms with van der Waals surface area (Å²) in [6.45, 7) is 4.49. The van der Waals surface area contributed by atoms with Crippen LogP contribution in [0.3, 0.4) is 0 Å². The maximum atomic E-state index is 12.3. The zero-order valence-electron chi connectivity index (χ0n) is 28.7. The van der Waals surface area contributed by atoms with Gasteiger partial charge in [-0.2, -0.15) is 0 Å². The summed E-state index contributed by atoms with van der Waals surface area (Å²) in [7, 11) is 0. The molecule has 0 atom stereocenters. The van der Waals surface area contributed by atoms with Gasteiger partial charge in [-0.25, -0.2) is 0 Å². The molecule has 250 valence electrons. The molecule has 0 saturated carbocycles. The predicted octanol–water partition coefficient (Wildman–Crippen LogP) is 12.7. The lowest BCUT2D eigenvalue weighted by Crippen LogP contribution is -2.07. The van der Waals surface area contributed by atoms with Crippen LogP contribution in [0, 0.1) is 0 Å². The Morgan fingerprint density at radius 2 is 0.609 bits per heavy atom. The van der Waals surface area contributed by atoms with Gasteiger partial charge in [-0.15, -0.1) is 0 Å². The van der Waals surface area contributed by atoms with Gasteiger partial charge in [0.25, 0.3) is 0 Å². The van der Waals surface area contributed by atoms with Gasteiger partial charge in [0.2, 0.25) is 0 Å². The van der Waals surface area contributed by atoms with E-state index in [2.05, 4.69) is 38.1 Å². The van der Waals surface area contributed by atoms with E-state index in [4.69, 9.17) is 9.47 Å². The number of hydrogen-bond donors (Lipinski definition) is 0. The first-order chi connectivity index (χ1) is 22.6. The van der Waals surface area contributed by atoms with Crippen LogP contribution in [-0.4, -0.2) is 11.9 Å². The van der Waals surface area contributed by atoms with Crippen molar-refractivity contribution in [2.45, 2.75) is 142 Å². The Kier molecular flexibility index (Phi) is 18.5. The summed E-state index contributed by atoms with van der Waals surface area (Å²) in [6, 6.07) is 23.8. The molecule has 0 unspecified atom stereocenters. The summed E-state index contributed by atoms with van der Waals surface area (Å²) in [6.07, 6.45) is 23.1. The quantitative estimate of drug-likeness (QED) is 0.0564. The average molecular weight is 627 g/mol. The molecule has 0 saturated heterocycles. The number of unbranched alkanes of at least 4 members (excludes halogenated alkanes) is 16. The minimum Gasteiger partial charge on any atom is -0.427 e. The van der Waals surface area contributed by atoms with Crippen LogP contribution >= 0.6 is 0 Å². The van der Waals surface area contributed by atoms with Crippen molar-refractivity contribution in [2.24, 2.45) is 0 Å². The Hall–Kier alpha value is -3.40. The molecular formula is C42H58O4. The second kappa shape index (κ2) is 23.0. The molecule has 0 amide bonds. The third-order valence-electron chi connectivity index (χ3n) is 8.69. The molecule has 0 aromatic heterocycles. The van der Waals surface area contributed by atoms with Crippen LogP contribution in [0.15, 0.2) is 72.8 Å². The van der Waals surface area contributed by atoms with E-state index in [0.717, 1.165) is 47.9 Å². The number of carbonyl (C=O) groups excluding carboxylic acids is 2. The molecule has 3 aromatic rings. The molecule has 46 heavy (non-hydrogen) atoms. The molecule has 0 fully saturated rings. The molecule has 0 aliphatic heterocycles. The highest BCUT2D eigenvalue weighted by molar-refractivity contribution is 5.75. The third kappa shape index (κ3) is 15.3. The summed E-state index contributed by atoms with van der Waals surface area (Å²) >= 11 is 0. The number of carbonyl (C=O) groups is 2. The van der Waals surface area contributed by atoms with Crippen LogP contribution < -0.4 is 9.47 Å². The molecule has 0 N–H and O–H groups in total. The molecule has 0 heterocycles. The molecular weight excluding hydrogens is 568 g/mol. The number of ether oxygens (including phenoxy) is 2. The molecule has 0 spiro atoms. The van der Waals surface area contributed by atoms with Crippen molar-refractivity contribution in [1.82, 2.24) is 0 Å². The number of rotatable bonds is 24. The molecule has 0 radical (unpaired) electrons. The maximum absolute atomic E-state index is 12.3. The van der Waals surface area contributed by atoms with Crippen molar-refractivity contribution >= 4 is 11.9 Å². The highest BCUT2D eigenvalue weighted by Gasteiger charge is 2.08. The molecule has 4 nitrogen and oxygen atoms in total. The smallest absolute Gasteiger partial charge is 0.311 e. The van der Waals surface area contributed by atoms with Gasteiger partial charge in [0.15, 0.2) is 0 Å². The van der Waals surface area contributed by atoms with Crippen LogP contribution in [0.25, 0.3) is 22.3 Å². The van der Waals surface area contributed by atoms with Crippen molar-refractivity contribution in [1.29, 1.82) is 0 Å². The van der Waals surface area contributed by atoms with Gasteiger partial charge in [0.1, 0.15) is 11.5 Å². The first kappa shape index (κ1) is 37.1. The van der Waals surface area contributed by atoms with Crippen LogP contribution in [0.4, 0.5) is 0 Å². The second-order valence-corrected chi connectivity index (χ2v) is 12.7. The van der Waals surface area contributed by atoms with Crippen molar-refractivity contribution in [2.75, 3.05) is 0 Å². The van der Waals surface area contributed by atoms with Gasteiger partial charge < -0.3 is 9.47 Å². The predicted molar refractivity (Wildman–Crippen MR) is 192 cm³/mol. The molecule has 3 aromatic carbocycles. The summed E-state index contributed by atoms with van der Waals surface area (Å²) in [5.74, 6) is 0.879. The van der Waals surface area contributed by atoms with E-state index < -0.39 is 0 Å². The minimum absolute atomic E-state index is 0.153. The van der Waals surface area contributed by atoms with Crippen LogP contribution in [0.2, 0.25) is 0 Å². The highest BCUT2D eigenvalue weighted by Crippen LogP contribution is 2.28. The Morgan fingerprint density at radius 3 is 0.891 bits per heavy atom. The van der Waals surface area contributed by atoms with Gasteiger partial charge in [-0.3, -0.25) is 9.59 Å². The van der Waals surface area contributed by atoms with E-state index in [1.807, 2.05) is 48.5 Å². The largest absolute Gasteiger partial charge is 0.427 e. The molecule has 4 heteroatoms. The zero-order valence-corrected chi connectivity index (χ0v) is 28.7. The van der Waals surface area contributed by atoms with E-state index >= 15 is 0 Å². The Bertz CT molecular complexity index is 1130. The summed E-state index contributed by atoms with van der Waals surface area (Å²) < 4.78 is 11.1. The van der Waals surface area contributed by atoms with Gasteiger partial charge in [-0.1, -0.05) is 165 Å². The minimum atomic E-state index is -0.153. The first-order valence-electron chi connectivity index (χ1n) is 18.3. The van der Waals surface area contributed by atoms with Gasteiger partial charge >= 0.3 is 11.9 Å². The topological polar surface area (TPSA) is 52.6 Å². The Labute approximate surface area is 279 Å². The van der Waals surface area contributed by atoms with E-state index in [-0.39, 0.29) is 11.9 Å². The summed E-state index contributed by atoms with van der Waals surface area (Å²) in [5.41, 5.74) is 4.33. The van der Waals surface area contributed by atoms with Gasteiger partial charge in [-0.05, 0) is 59.4 Å². The van der Waals surface area contributed by atoms with Crippen molar-refractivity contribution in [3.05, 3.63) is 72.8 Å². The first-order valence-corrected chi connectivity index (χ1v) is 18.3. The maximum Gasteiger partial charge on any atom is 0.311 e. The number of esters is 2. The number of hydrogen-bond acceptors (Lipinski definition) is 4. The SMILES string of the molecule is CCCCCCCCCCCC(=O)Oc1ccc(-c2ccc(-c3ccc(OC(=O)CCCCCCCCCCC)cc3)cc2)cc1. The van der Waals surface area contributed by atoms with Crippen molar-refractivity contribution in [3.8, 4) is 33.8 Å². The van der Waals surface area contributed by atoms with Crippen LogP contribution in [0.5, 0.6) is 11.5 Å². The Balaban J connectivity index is 1.34. The average Bonchev–Trinajstić information content (AvgIpc) is 3.07. The fourth-order valence-electron chi connectivity index (χ4n) is 5.81. The monoisotopic (exact) mass is 626 g/mol. The summed E-state index contributed by atoms with van der Waals surface area (Å²) in [5, 5.41) is 0. The lowest BCUT2D eigenvalue weighted by Gasteiger charge is -2.08.